The Bertz CT molecular complexity index is 496. The molecule has 0 radical (unpaired) electrons. The molecule has 1 rings (SSSR count). The molecule has 1 atom stereocenters. The lowest BCUT2D eigenvalue weighted by Gasteiger charge is -2.29. The minimum Gasteiger partial charge on any atom is -0.379 e. The van der Waals surface area contributed by atoms with E-state index in [1.165, 1.54) is 0 Å². The predicted octanol–water partition coefficient (Wildman–Crippen LogP) is 3.73. The number of ketones is 1. The Morgan fingerprint density at radius 1 is 1.00 bits per heavy atom. The Balaban J connectivity index is 0. The molecule has 1 fully saturated rings. The second-order valence-electron chi connectivity index (χ2n) is 8.47. The van der Waals surface area contributed by atoms with Gasteiger partial charge in [-0.2, -0.15) is 0 Å². The number of carbonyl (C=O) groups excluding carboxylic acids is 3. The van der Waals surface area contributed by atoms with Crippen LogP contribution in [0.5, 0.6) is 0 Å². The Labute approximate surface area is 173 Å². The molecule has 6 nitrogen and oxygen atoms in total. The molecule has 2 amide bonds. The highest BCUT2D eigenvalue weighted by molar-refractivity contribution is 5.83. The van der Waals surface area contributed by atoms with Crippen LogP contribution >= 0.6 is 0 Å². The van der Waals surface area contributed by atoms with Crippen molar-refractivity contribution in [1.29, 1.82) is 0 Å². The lowest BCUT2D eigenvalue weighted by Crippen LogP contribution is -2.39. The van der Waals surface area contributed by atoms with E-state index >= 15 is 0 Å². The summed E-state index contributed by atoms with van der Waals surface area (Å²) in [6.07, 6.45) is 6.17. The van der Waals surface area contributed by atoms with Gasteiger partial charge in [-0.1, -0.05) is 27.7 Å². The van der Waals surface area contributed by atoms with E-state index in [2.05, 4.69) is 31.4 Å². The van der Waals surface area contributed by atoms with Crippen LogP contribution in [-0.2, 0) is 19.1 Å². The van der Waals surface area contributed by atoms with Gasteiger partial charge >= 0.3 is 0 Å². The van der Waals surface area contributed by atoms with Gasteiger partial charge in [0.15, 0.2) is 0 Å². The minimum absolute atomic E-state index is 0. The highest BCUT2D eigenvalue weighted by atomic mass is 16.5. The van der Waals surface area contributed by atoms with Crippen LogP contribution in [0.25, 0.3) is 0 Å². The quantitative estimate of drug-likeness (QED) is 0.461. The van der Waals surface area contributed by atoms with Crippen LogP contribution in [0.1, 0.15) is 81.9 Å². The average Bonchev–Trinajstić information content (AvgIpc) is 2.68. The fourth-order valence-corrected chi connectivity index (χ4v) is 3.46. The van der Waals surface area contributed by atoms with E-state index in [1.807, 2.05) is 6.92 Å². The molecule has 6 heteroatoms. The first-order valence-corrected chi connectivity index (χ1v) is 11.0. The molecule has 1 aliphatic carbocycles. The number of hydrogen-bond acceptors (Lipinski definition) is 4. The third kappa shape index (κ3) is 10.2. The standard InChI is InChI=1S/C22H40N2O4.2H2/c1-5-17(4)22(27)18-7-9-19(10-8-18)24-21(26)12-14-28-15-13-23-20(25)11-6-16(2)3;;/h16-19H,5-15H2,1-4H3,(H,23,25)(H,24,26);2*1H. The molecule has 0 spiro atoms. The number of nitrogens with one attached hydrogen (secondary N) is 2. The predicted molar refractivity (Wildman–Crippen MR) is 115 cm³/mol. The monoisotopic (exact) mass is 400 g/mol. The van der Waals surface area contributed by atoms with Crippen molar-refractivity contribution in [3.63, 3.8) is 0 Å². The number of hydrogen-bond donors (Lipinski definition) is 2. The zero-order valence-corrected chi connectivity index (χ0v) is 18.2. The molecule has 0 heterocycles. The third-order valence-electron chi connectivity index (χ3n) is 5.58. The van der Waals surface area contributed by atoms with Gasteiger partial charge in [0.05, 0.1) is 13.2 Å². The Morgan fingerprint density at radius 2 is 1.68 bits per heavy atom. The Morgan fingerprint density at radius 3 is 2.29 bits per heavy atom. The normalized spacial score (nSPS) is 20.6. The summed E-state index contributed by atoms with van der Waals surface area (Å²) in [6.45, 7) is 9.51. The van der Waals surface area contributed by atoms with Crippen molar-refractivity contribution >= 4 is 17.6 Å². The summed E-state index contributed by atoms with van der Waals surface area (Å²) < 4.78 is 5.44. The number of rotatable bonds is 13. The zero-order valence-electron chi connectivity index (χ0n) is 18.2. The van der Waals surface area contributed by atoms with Crippen LogP contribution in [0, 0.1) is 17.8 Å². The molecule has 0 aromatic rings. The van der Waals surface area contributed by atoms with Gasteiger partial charge in [-0.05, 0) is 44.4 Å². The first-order chi connectivity index (χ1) is 13.3. The van der Waals surface area contributed by atoms with E-state index in [-0.39, 0.29) is 32.5 Å². The highest BCUT2D eigenvalue weighted by Gasteiger charge is 2.28. The topological polar surface area (TPSA) is 84.5 Å². The van der Waals surface area contributed by atoms with Gasteiger partial charge in [-0.25, -0.2) is 0 Å². The lowest BCUT2D eigenvalue weighted by atomic mass is 9.79. The van der Waals surface area contributed by atoms with Gasteiger partial charge in [-0.15, -0.1) is 0 Å². The number of amides is 2. The van der Waals surface area contributed by atoms with E-state index in [4.69, 9.17) is 4.74 Å². The van der Waals surface area contributed by atoms with E-state index in [1.54, 1.807) is 0 Å². The largest absolute Gasteiger partial charge is 0.379 e. The molecule has 0 saturated heterocycles. The molecule has 0 aliphatic heterocycles. The third-order valence-corrected chi connectivity index (χ3v) is 5.58. The van der Waals surface area contributed by atoms with Crippen molar-refractivity contribution in [3.8, 4) is 0 Å². The summed E-state index contributed by atoms with van der Waals surface area (Å²) in [4.78, 5) is 35.9. The Hall–Kier alpha value is -1.43. The van der Waals surface area contributed by atoms with Crippen LogP contribution in [-0.4, -0.2) is 43.4 Å². The SMILES string of the molecule is CCC(C)C(=O)C1CCC(NC(=O)CCOCCNC(=O)CCC(C)C)CC1.[HH].[HH]. The van der Waals surface area contributed by atoms with Crippen LogP contribution in [0.3, 0.4) is 0 Å². The van der Waals surface area contributed by atoms with Crippen LogP contribution in [0.15, 0.2) is 0 Å². The van der Waals surface area contributed by atoms with Crippen LogP contribution in [0.4, 0.5) is 0 Å². The molecule has 0 aromatic carbocycles. The fourth-order valence-electron chi connectivity index (χ4n) is 3.46. The first-order valence-electron chi connectivity index (χ1n) is 11.0. The van der Waals surface area contributed by atoms with Crippen molar-refractivity contribution in [1.82, 2.24) is 10.6 Å². The molecule has 2 N–H and O–H groups in total. The van der Waals surface area contributed by atoms with Crippen LogP contribution in [0.2, 0.25) is 0 Å². The molecule has 28 heavy (non-hydrogen) atoms. The van der Waals surface area contributed by atoms with Crippen molar-refractivity contribution in [2.75, 3.05) is 19.8 Å². The van der Waals surface area contributed by atoms with Crippen molar-refractivity contribution < 1.29 is 22.0 Å². The van der Waals surface area contributed by atoms with Gasteiger partial charge in [0.2, 0.25) is 11.8 Å². The first kappa shape index (κ1) is 24.6. The fraction of sp³-hybridized carbons (Fsp3) is 0.864. The van der Waals surface area contributed by atoms with Crippen molar-refractivity contribution in [2.24, 2.45) is 17.8 Å². The van der Waals surface area contributed by atoms with Crippen LogP contribution < -0.4 is 10.6 Å². The van der Waals surface area contributed by atoms with E-state index < -0.39 is 0 Å². The zero-order chi connectivity index (χ0) is 20.9. The Kier molecular flexibility index (Phi) is 12.0. The van der Waals surface area contributed by atoms with Crippen molar-refractivity contribution in [3.05, 3.63) is 0 Å². The van der Waals surface area contributed by atoms with Gasteiger partial charge in [0, 0.05) is 40.1 Å². The molecule has 1 unspecified atom stereocenters. The maximum Gasteiger partial charge on any atom is 0.222 e. The summed E-state index contributed by atoms with van der Waals surface area (Å²) in [6, 6.07) is 0.175. The smallest absolute Gasteiger partial charge is 0.222 e. The van der Waals surface area contributed by atoms with E-state index in [0.29, 0.717) is 44.3 Å². The molecular weight excluding hydrogens is 356 g/mol. The van der Waals surface area contributed by atoms with Crippen molar-refractivity contribution in [2.45, 2.75) is 85.1 Å². The summed E-state index contributed by atoms with van der Waals surface area (Å²) in [5.41, 5.74) is 0. The molecule has 1 saturated carbocycles. The summed E-state index contributed by atoms with van der Waals surface area (Å²) >= 11 is 0. The number of Topliss-reactive ketones (excluding diaryl/α,β-unsaturated/α-hetero) is 1. The number of ether oxygens (including phenoxy) is 1. The van der Waals surface area contributed by atoms with E-state index in [9.17, 15) is 14.4 Å². The second-order valence-corrected chi connectivity index (χ2v) is 8.47. The molecule has 0 bridgehead atoms. The maximum absolute atomic E-state index is 12.3. The van der Waals surface area contributed by atoms with Gasteiger partial charge in [-0.3, -0.25) is 14.4 Å². The van der Waals surface area contributed by atoms with E-state index in [0.717, 1.165) is 38.5 Å². The summed E-state index contributed by atoms with van der Waals surface area (Å²) in [5, 5.41) is 5.88. The molecule has 0 aromatic heterocycles. The molecule has 1 aliphatic rings. The van der Waals surface area contributed by atoms with Gasteiger partial charge in [0.1, 0.15) is 5.78 Å². The second kappa shape index (κ2) is 13.7. The maximum atomic E-state index is 12.3. The lowest BCUT2D eigenvalue weighted by molar-refractivity contribution is -0.127. The van der Waals surface area contributed by atoms with Gasteiger partial charge < -0.3 is 15.4 Å². The molecule has 166 valence electrons. The highest BCUT2D eigenvalue weighted by Crippen LogP contribution is 2.28. The minimum atomic E-state index is -0.00216. The van der Waals surface area contributed by atoms with Gasteiger partial charge in [0.25, 0.3) is 0 Å². The average molecular weight is 401 g/mol. The molecular formula is C22H44N2O4. The summed E-state index contributed by atoms with van der Waals surface area (Å²) in [5.74, 6) is 1.28. The summed E-state index contributed by atoms with van der Waals surface area (Å²) in [7, 11) is 0. The number of carbonyl (C=O) groups is 3.